The lowest BCUT2D eigenvalue weighted by molar-refractivity contribution is -0.337. The number of benzene rings is 1. The molecule has 0 bridgehead atoms. The van der Waals surface area contributed by atoms with Crippen molar-refractivity contribution in [1.29, 1.82) is 5.26 Å². The van der Waals surface area contributed by atoms with Gasteiger partial charge in [-0.25, -0.2) is 0 Å². The highest BCUT2D eigenvalue weighted by atomic mass is 35.5. The van der Waals surface area contributed by atoms with Crippen LogP contribution in [0.3, 0.4) is 0 Å². The minimum atomic E-state index is -5.00. The summed E-state index contributed by atoms with van der Waals surface area (Å²) >= 11 is 5.85. The lowest BCUT2D eigenvalue weighted by Crippen LogP contribution is -2.44. The van der Waals surface area contributed by atoms with Crippen LogP contribution in [0.1, 0.15) is 12.0 Å². The molecule has 1 atom stereocenters. The molecule has 7 heteroatoms. The molecule has 2 rings (SSSR count). The van der Waals surface area contributed by atoms with E-state index >= 15 is 0 Å². The lowest BCUT2D eigenvalue weighted by Gasteiger charge is -2.25. The molecule has 1 aliphatic rings. The first kappa shape index (κ1) is 13.7. The largest absolute Gasteiger partial charge is 0.455 e. The van der Waals surface area contributed by atoms with Crippen molar-refractivity contribution in [3.63, 3.8) is 0 Å². The van der Waals surface area contributed by atoms with E-state index < -0.39 is 18.4 Å². The molecule has 0 aromatic heterocycles. The van der Waals surface area contributed by atoms with Gasteiger partial charge in [0.2, 0.25) is 0 Å². The highest BCUT2D eigenvalue weighted by Crippen LogP contribution is 2.47. The highest BCUT2D eigenvalue weighted by molar-refractivity contribution is 6.32. The minimum absolute atomic E-state index is 0.136. The van der Waals surface area contributed by atoms with Crippen molar-refractivity contribution in [1.82, 2.24) is 0 Å². The van der Waals surface area contributed by atoms with Crippen LogP contribution in [-0.2, 0) is 4.74 Å². The van der Waals surface area contributed by atoms with Crippen molar-refractivity contribution in [2.75, 3.05) is 0 Å². The van der Waals surface area contributed by atoms with E-state index in [-0.39, 0.29) is 21.9 Å². The quantitative estimate of drug-likeness (QED) is 0.863. The number of rotatable bonds is 1. The molecule has 1 aromatic rings. The third-order valence-electron chi connectivity index (χ3n) is 2.66. The fourth-order valence-electron chi connectivity index (χ4n) is 1.70. The maximum Gasteiger partial charge on any atom is 0.455 e. The molecule has 1 aliphatic heterocycles. The van der Waals surface area contributed by atoms with Gasteiger partial charge in [-0.3, -0.25) is 0 Å². The fourth-order valence-corrected chi connectivity index (χ4v) is 1.92. The summed E-state index contributed by atoms with van der Waals surface area (Å²) in [5.74, 6) is -3.72. The summed E-state index contributed by atoms with van der Waals surface area (Å²) in [5, 5.41) is 18.5. The van der Waals surface area contributed by atoms with Crippen molar-refractivity contribution >= 4 is 17.4 Å². The minimum Gasteiger partial charge on any atom is -0.451 e. The van der Waals surface area contributed by atoms with Crippen LogP contribution < -0.4 is 0 Å². The molecule has 1 aromatic carbocycles. The van der Waals surface area contributed by atoms with Gasteiger partial charge in [-0.05, 0) is 12.1 Å². The Balaban J connectivity index is 2.47. The zero-order valence-corrected chi connectivity index (χ0v) is 10.1. The molecule has 0 radical (unpaired) electrons. The Labute approximate surface area is 111 Å². The number of halogens is 4. The molecule has 100 valence electrons. The van der Waals surface area contributed by atoms with Crippen LogP contribution in [0.25, 0.3) is 5.76 Å². The second-order valence-electron chi connectivity index (χ2n) is 3.96. The summed E-state index contributed by atoms with van der Waals surface area (Å²) in [6.45, 7) is 0. The number of nitriles is 1. The Morgan fingerprint density at radius 3 is 2.53 bits per heavy atom. The van der Waals surface area contributed by atoms with E-state index in [1.54, 1.807) is 12.1 Å². The Kier molecular flexibility index (Phi) is 3.20. The normalized spacial score (nSPS) is 23.2. The first-order valence-electron chi connectivity index (χ1n) is 5.15. The van der Waals surface area contributed by atoms with Gasteiger partial charge in [-0.1, -0.05) is 23.7 Å². The molecular weight excluding hydrogens is 283 g/mol. The average Bonchev–Trinajstić information content (AvgIpc) is 2.68. The molecule has 1 N–H and O–H groups in total. The molecule has 0 aliphatic carbocycles. The second kappa shape index (κ2) is 4.44. The molecule has 3 nitrogen and oxygen atoms in total. The second-order valence-corrected chi connectivity index (χ2v) is 4.37. The molecular formula is C12H7ClF3NO2. The molecule has 0 amide bonds. The van der Waals surface area contributed by atoms with Crippen molar-refractivity contribution in [3.05, 3.63) is 40.4 Å². The molecule has 0 saturated carbocycles. The number of alkyl halides is 3. The van der Waals surface area contributed by atoms with Crippen LogP contribution in [0, 0.1) is 11.3 Å². The van der Waals surface area contributed by atoms with E-state index in [1.807, 2.05) is 0 Å². The Morgan fingerprint density at radius 2 is 2.00 bits per heavy atom. The molecule has 1 heterocycles. The first-order valence-corrected chi connectivity index (χ1v) is 5.52. The van der Waals surface area contributed by atoms with Crippen LogP contribution in [0.5, 0.6) is 0 Å². The van der Waals surface area contributed by atoms with Crippen LogP contribution in [-0.4, -0.2) is 17.1 Å². The Bertz CT molecular complexity index is 591. The van der Waals surface area contributed by atoms with Gasteiger partial charge < -0.3 is 9.84 Å². The van der Waals surface area contributed by atoms with Gasteiger partial charge in [0.1, 0.15) is 5.76 Å². The number of aliphatic hydroxyl groups is 1. The predicted molar refractivity (Wildman–Crippen MR) is 60.7 cm³/mol. The van der Waals surface area contributed by atoms with Gasteiger partial charge in [0.15, 0.2) is 0 Å². The topological polar surface area (TPSA) is 53.2 Å². The molecule has 19 heavy (non-hydrogen) atoms. The van der Waals surface area contributed by atoms with Gasteiger partial charge in [-0.2, -0.15) is 18.4 Å². The summed E-state index contributed by atoms with van der Waals surface area (Å²) in [5.41, 5.74) is -0.159. The average molecular weight is 290 g/mol. The van der Waals surface area contributed by atoms with Gasteiger partial charge in [0.25, 0.3) is 0 Å². The van der Waals surface area contributed by atoms with E-state index in [2.05, 4.69) is 4.74 Å². The molecule has 0 fully saturated rings. The smallest absolute Gasteiger partial charge is 0.451 e. The summed E-state index contributed by atoms with van der Waals surface area (Å²) in [6.07, 6.45) is -5.95. The van der Waals surface area contributed by atoms with Crippen molar-refractivity contribution in [3.8, 4) is 6.07 Å². The number of ether oxygens (including phenoxy) is 1. The van der Waals surface area contributed by atoms with Crippen LogP contribution in [0.4, 0.5) is 13.2 Å². The molecule has 0 saturated heterocycles. The number of hydrogen-bond acceptors (Lipinski definition) is 3. The van der Waals surface area contributed by atoms with E-state index in [4.69, 9.17) is 16.9 Å². The SMILES string of the molecule is N#CC1=C(c2ccccc2Cl)OC(O)(C(F)(F)F)C1. The maximum absolute atomic E-state index is 12.7. The summed E-state index contributed by atoms with van der Waals surface area (Å²) in [4.78, 5) is 0. The Morgan fingerprint density at radius 1 is 1.37 bits per heavy atom. The highest BCUT2D eigenvalue weighted by Gasteiger charge is 2.60. The van der Waals surface area contributed by atoms with E-state index in [1.165, 1.54) is 18.2 Å². The Hall–Kier alpha value is -1.71. The third-order valence-corrected chi connectivity index (χ3v) is 2.99. The fraction of sp³-hybridized carbons (Fsp3) is 0.250. The standard InChI is InChI=1S/C12H7ClF3NO2/c13-9-4-2-1-3-8(9)10-7(6-17)5-11(18,19-10)12(14,15)16/h1-4,18H,5H2. The lowest BCUT2D eigenvalue weighted by atomic mass is 10.1. The van der Waals surface area contributed by atoms with E-state index in [0.29, 0.717) is 0 Å². The maximum atomic E-state index is 12.7. The van der Waals surface area contributed by atoms with Gasteiger partial charge >= 0.3 is 12.0 Å². The van der Waals surface area contributed by atoms with Gasteiger partial charge in [0.05, 0.1) is 23.1 Å². The van der Waals surface area contributed by atoms with Gasteiger partial charge in [0, 0.05) is 5.56 Å². The van der Waals surface area contributed by atoms with Crippen molar-refractivity contribution < 1.29 is 23.0 Å². The van der Waals surface area contributed by atoms with Crippen molar-refractivity contribution in [2.45, 2.75) is 18.4 Å². The van der Waals surface area contributed by atoms with E-state index in [9.17, 15) is 18.3 Å². The van der Waals surface area contributed by atoms with Crippen LogP contribution >= 0.6 is 11.6 Å². The predicted octanol–water partition coefficient (Wildman–Crippen LogP) is 3.25. The molecule has 0 spiro atoms. The summed E-state index contributed by atoms with van der Waals surface area (Å²) in [6, 6.07) is 7.59. The van der Waals surface area contributed by atoms with Gasteiger partial charge in [-0.15, -0.1) is 0 Å². The summed E-state index contributed by atoms with van der Waals surface area (Å²) in [7, 11) is 0. The van der Waals surface area contributed by atoms with Crippen LogP contribution in [0.15, 0.2) is 29.8 Å². The summed E-state index contributed by atoms with van der Waals surface area (Å²) < 4.78 is 42.7. The van der Waals surface area contributed by atoms with E-state index in [0.717, 1.165) is 0 Å². The zero-order chi connectivity index (χ0) is 14.3. The monoisotopic (exact) mass is 289 g/mol. The third kappa shape index (κ3) is 2.27. The number of hydrogen-bond donors (Lipinski definition) is 1. The zero-order valence-electron chi connectivity index (χ0n) is 9.33. The number of nitrogens with zero attached hydrogens (tertiary/aromatic N) is 1. The van der Waals surface area contributed by atoms with Crippen LogP contribution in [0.2, 0.25) is 5.02 Å². The molecule has 1 unspecified atom stereocenters. The van der Waals surface area contributed by atoms with Crippen molar-refractivity contribution in [2.24, 2.45) is 0 Å². The first-order chi connectivity index (χ1) is 8.78.